The van der Waals surface area contributed by atoms with Crippen molar-refractivity contribution >= 4 is 43.5 Å². The number of nitrogens with two attached hydrogens (primary N) is 1. The average molecular weight is 442 g/mol. The molecule has 9 heteroatoms. The molecule has 0 aliphatic carbocycles. The Morgan fingerprint density at radius 2 is 2.00 bits per heavy atom. The van der Waals surface area contributed by atoms with E-state index in [1.54, 1.807) is 6.07 Å². The van der Waals surface area contributed by atoms with Crippen LogP contribution in [0, 0.1) is 28.5 Å². The zero-order chi connectivity index (χ0) is 17.3. The van der Waals surface area contributed by atoms with Gasteiger partial charge in [-0.25, -0.2) is 9.18 Å². The fourth-order valence-corrected chi connectivity index (χ4v) is 3.37. The number of halogens is 3. The standard InChI is InChI=1S/C14H7Br2FN4O2/c1-23-14(22)13-11(20)6(3-18)5-21(13)12-7(4-19)10(17)8(15)2-9(12)16/h2,5H,20H2,1H3. The maximum Gasteiger partial charge on any atom is 0.357 e. The second-order valence-corrected chi connectivity index (χ2v) is 5.98. The third-order valence-corrected chi connectivity index (χ3v) is 4.22. The van der Waals surface area contributed by atoms with Crippen molar-refractivity contribution in [2.24, 2.45) is 0 Å². The van der Waals surface area contributed by atoms with Crippen LogP contribution in [0.3, 0.4) is 0 Å². The van der Waals surface area contributed by atoms with Gasteiger partial charge in [0, 0.05) is 10.7 Å². The Kier molecular flexibility index (Phi) is 4.73. The molecule has 2 rings (SSSR count). The summed E-state index contributed by atoms with van der Waals surface area (Å²) < 4.78 is 20.4. The van der Waals surface area contributed by atoms with Crippen LogP contribution in [0.2, 0.25) is 0 Å². The Morgan fingerprint density at radius 3 is 2.52 bits per heavy atom. The molecule has 0 aliphatic rings. The van der Waals surface area contributed by atoms with Crippen molar-refractivity contribution in [3.05, 3.63) is 43.8 Å². The van der Waals surface area contributed by atoms with Crippen molar-refractivity contribution in [1.29, 1.82) is 10.5 Å². The van der Waals surface area contributed by atoms with Gasteiger partial charge in [0.1, 0.15) is 17.7 Å². The Morgan fingerprint density at radius 1 is 1.35 bits per heavy atom. The van der Waals surface area contributed by atoms with Crippen LogP contribution in [0.25, 0.3) is 5.69 Å². The highest BCUT2D eigenvalue weighted by atomic mass is 79.9. The predicted molar refractivity (Wildman–Crippen MR) is 86.3 cm³/mol. The van der Waals surface area contributed by atoms with Gasteiger partial charge in [0.25, 0.3) is 0 Å². The second kappa shape index (κ2) is 6.41. The quantitative estimate of drug-likeness (QED) is 0.568. The van der Waals surface area contributed by atoms with Crippen LogP contribution in [-0.4, -0.2) is 17.6 Å². The summed E-state index contributed by atoms with van der Waals surface area (Å²) in [6, 6.07) is 4.96. The summed E-state index contributed by atoms with van der Waals surface area (Å²) >= 11 is 6.23. The van der Waals surface area contributed by atoms with E-state index < -0.39 is 11.8 Å². The van der Waals surface area contributed by atoms with Crippen molar-refractivity contribution in [3.8, 4) is 17.8 Å². The van der Waals surface area contributed by atoms with Crippen molar-refractivity contribution in [1.82, 2.24) is 4.57 Å². The summed E-state index contributed by atoms with van der Waals surface area (Å²) in [4.78, 5) is 12.0. The van der Waals surface area contributed by atoms with Crippen LogP contribution in [0.5, 0.6) is 0 Å². The minimum absolute atomic E-state index is 0.00418. The zero-order valence-corrected chi connectivity index (χ0v) is 14.7. The van der Waals surface area contributed by atoms with Crippen LogP contribution >= 0.6 is 31.9 Å². The van der Waals surface area contributed by atoms with Crippen LogP contribution in [0.1, 0.15) is 21.6 Å². The molecule has 0 saturated carbocycles. The summed E-state index contributed by atoms with van der Waals surface area (Å²) in [5.74, 6) is -1.62. The van der Waals surface area contributed by atoms with Crippen LogP contribution in [0.15, 0.2) is 21.2 Å². The molecule has 0 aliphatic heterocycles. The number of methoxy groups -OCH3 is 1. The van der Waals surface area contributed by atoms with Crippen LogP contribution in [0.4, 0.5) is 10.1 Å². The summed E-state index contributed by atoms with van der Waals surface area (Å²) in [7, 11) is 1.15. The molecular weight excluding hydrogens is 435 g/mol. The maximum atomic E-state index is 14.2. The molecule has 0 spiro atoms. The van der Waals surface area contributed by atoms with E-state index in [1.165, 1.54) is 12.3 Å². The third-order valence-electron chi connectivity index (χ3n) is 3.04. The molecule has 0 unspecified atom stereocenters. The van der Waals surface area contributed by atoms with Gasteiger partial charge in [-0.05, 0) is 37.9 Å². The molecule has 6 nitrogen and oxygen atoms in total. The van der Waals surface area contributed by atoms with E-state index in [9.17, 15) is 14.4 Å². The summed E-state index contributed by atoms with van der Waals surface area (Å²) in [6.07, 6.45) is 1.25. The highest BCUT2D eigenvalue weighted by molar-refractivity contribution is 9.11. The van der Waals surface area contributed by atoms with Crippen molar-refractivity contribution in [2.75, 3.05) is 12.8 Å². The number of anilines is 1. The SMILES string of the molecule is COC(=O)c1c(N)c(C#N)cn1-c1c(Br)cc(Br)c(F)c1C#N. The van der Waals surface area contributed by atoms with Gasteiger partial charge in [0.2, 0.25) is 0 Å². The van der Waals surface area contributed by atoms with E-state index in [4.69, 9.17) is 11.0 Å². The number of carbonyl (C=O) groups is 1. The third kappa shape index (κ3) is 2.69. The number of hydrogen-bond donors (Lipinski definition) is 1. The van der Waals surface area contributed by atoms with E-state index in [1.807, 2.05) is 6.07 Å². The first kappa shape index (κ1) is 17.0. The predicted octanol–water partition coefficient (Wildman–Crippen LogP) is 3.25. The lowest BCUT2D eigenvalue weighted by atomic mass is 10.1. The van der Waals surface area contributed by atoms with Gasteiger partial charge >= 0.3 is 5.97 Å². The summed E-state index contributed by atoms with van der Waals surface area (Å²) in [5, 5.41) is 18.4. The molecule has 23 heavy (non-hydrogen) atoms. The molecule has 0 radical (unpaired) electrons. The van der Waals surface area contributed by atoms with Gasteiger partial charge in [-0.1, -0.05) is 0 Å². The van der Waals surface area contributed by atoms with E-state index >= 15 is 0 Å². The van der Waals surface area contributed by atoms with Gasteiger partial charge < -0.3 is 15.0 Å². The number of carbonyl (C=O) groups excluding carboxylic acids is 1. The molecule has 0 fully saturated rings. The van der Waals surface area contributed by atoms with Gasteiger partial charge in [-0.15, -0.1) is 0 Å². The van der Waals surface area contributed by atoms with E-state index in [-0.39, 0.29) is 32.7 Å². The monoisotopic (exact) mass is 440 g/mol. The number of nitriles is 2. The van der Waals surface area contributed by atoms with Crippen molar-refractivity contribution < 1.29 is 13.9 Å². The lowest BCUT2D eigenvalue weighted by Crippen LogP contribution is -2.13. The van der Waals surface area contributed by atoms with Gasteiger partial charge in [0.05, 0.1) is 28.5 Å². The molecule has 2 aromatic rings. The van der Waals surface area contributed by atoms with Crippen LogP contribution < -0.4 is 5.73 Å². The number of hydrogen-bond acceptors (Lipinski definition) is 5. The number of nitrogen functional groups attached to an aromatic ring is 1. The number of aromatic nitrogens is 1. The molecule has 1 aromatic heterocycles. The molecule has 0 atom stereocenters. The van der Waals surface area contributed by atoms with E-state index in [0.29, 0.717) is 4.47 Å². The number of rotatable bonds is 2. The number of benzene rings is 1. The first-order chi connectivity index (χ1) is 10.9. The molecule has 0 bridgehead atoms. The minimum atomic E-state index is -0.817. The minimum Gasteiger partial charge on any atom is -0.464 e. The number of nitrogens with zero attached hydrogens (tertiary/aromatic N) is 3. The van der Waals surface area contributed by atoms with Crippen molar-refractivity contribution in [3.63, 3.8) is 0 Å². The zero-order valence-electron chi connectivity index (χ0n) is 11.5. The fraction of sp³-hybridized carbons (Fsp3) is 0.0714. The van der Waals surface area contributed by atoms with Crippen LogP contribution in [-0.2, 0) is 4.74 Å². The Balaban J connectivity index is 2.95. The van der Waals surface area contributed by atoms with Gasteiger partial charge in [-0.2, -0.15) is 10.5 Å². The molecule has 116 valence electrons. The van der Waals surface area contributed by atoms with Gasteiger partial charge in [-0.3, -0.25) is 0 Å². The first-order valence-corrected chi connectivity index (χ1v) is 7.53. The molecule has 0 amide bonds. The fourth-order valence-electron chi connectivity index (χ4n) is 2.01. The summed E-state index contributed by atoms with van der Waals surface area (Å²) in [5.41, 5.74) is 5.24. The van der Waals surface area contributed by atoms with Crippen molar-refractivity contribution in [2.45, 2.75) is 0 Å². The number of ether oxygens (including phenoxy) is 1. The Hall–Kier alpha value is -2.36. The molecule has 2 N–H and O–H groups in total. The molecule has 0 saturated heterocycles. The highest BCUT2D eigenvalue weighted by Crippen LogP contribution is 2.35. The van der Waals surface area contributed by atoms with E-state index in [0.717, 1.165) is 11.7 Å². The normalized spacial score (nSPS) is 10.0. The second-order valence-electron chi connectivity index (χ2n) is 4.27. The lowest BCUT2D eigenvalue weighted by Gasteiger charge is -2.13. The first-order valence-electron chi connectivity index (χ1n) is 5.94. The molecule has 1 aromatic carbocycles. The Bertz CT molecular complexity index is 909. The van der Waals surface area contributed by atoms with E-state index in [2.05, 4.69) is 36.6 Å². The number of esters is 1. The molecular formula is C14H7Br2FN4O2. The lowest BCUT2D eigenvalue weighted by molar-refractivity contribution is 0.0593. The smallest absolute Gasteiger partial charge is 0.357 e. The van der Waals surface area contributed by atoms with Gasteiger partial charge in [0.15, 0.2) is 11.5 Å². The topological polar surface area (TPSA) is 105 Å². The maximum absolute atomic E-state index is 14.2. The highest BCUT2D eigenvalue weighted by Gasteiger charge is 2.26. The largest absolute Gasteiger partial charge is 0.464 e. The average Bonchev–Trinajstić information content (AvgIpc) is 2.86. The Labute approximate surface area is 147 Å². The molecule has 1 heterocycles. The summed E-state index contributed by atoms with van der Waals surface area (Å²) in [6.45, 7) is 0.